The van der Waals surface area contributed by atoms with Crippen molar-refractivity contribution in [3.8, 4) is 0 Å². The van der Waals surface area contributed by atoms with Gasteiger partial charge in [-0.15, -0.1) is 0 Å². The first-order valence-electron chi connectivity index (χ1n) is 5.57. The van der Waals surface area contributed by atoms with Crippen LogP contribution in [0.25, 0.3) is 11.2 Å². The Hall–Kier alpha value is -2.16. The molecule has 0 spiro atoms. The Morgan fingerprint density at radius 2 is 1.94 bits per heavy atom. The van der Waals surface area contributed by atoms with Crippen LogP contribution in [0.15, 0.2) is 47.0 Å². The number of rotatable bonds is 2. The molecule has 3 rings (SSSR count). The van der Waals surface area contributed by atoms with Crippen molar-refractivity contribution >= 4 is 11.2 Å². The van der Waals surface area contributed by atoms with E-state index in [4.69, 9.17) is 4.42 Å². The van der Waals surface area contributed by atoms with Gasteiger partial charge < -0.3 is 4.42 Å². The number of oxazole rings is 1. The summed E-state index contributed by atoms with van der Waals surface area (Å²) in [4.78, 5) is 8.48. The first-order chi connectivity index (χ1) is 8.31. The summed E-state index contributed by atoms with van der Waals surface area (Å²) >= 11 is 0. The molecule has 0 bridgehead atoms. The predicted octanol–water partition coefficient (Wildman–Crippen LogP) is 3.12. The van der Waals surface area contributed by atoms with Crippen LogP contribution < -0.4 is 0 Å². The van der Waals surface area contributed by atoms with E-state index in [9.17, 15) is 0 Å². The van der Waals surface area contributed by atoms with Crippen molar-refractivity contribution < 1.29 is 4.42 Å². The molecule has 0 fully saturated rings. The van der Waals surface area contributed by atoms with E-state index in [2.05, 4.69) is 22.1 Å². The fraction of sp³-hybridized carbons (Fsp3) is 0.143. The van der Waals surface area contributed by atoms with Crippen molar-refractivity contribution in [1.29, 1.82) is 0 Å². The summed E-state index contributed by atoms with van der Waals surface area (Å²) in [7, 11) is 0. The van der Waals surface area contributed by atoms with E-state index in [1.807, 2.05) is 37.4 Å². The zero-order chi connectivity index (χ0) is 11.7. The van der Waals surface area contributed by atoms with Crippen LogP contribution in [-0.4, -0.2) is 9.97 Å². The molecule has 1 aromatic carbocycles. The molecule has 2 aromatic heterocycles. The second kappa shape index (κ2) is 4.01. The summed E-state index contributed by atoms with van der Waals surface area (Å²) in [6, 6.07) is 12.3. The van der Waals surface area contributed by atoms with Crippen LogP contribution in [0, 0.1) is 6.92 Å². The van der Waals surface area contributed by atoms with E-state index in [-0.39, 0.29) is 0 Å². The minimum absolute atomic E-state index is 0.657. The van der Waals surface area contributed by atoms with Gasteiger partial charge in [-0.3, -0.25) is 0 Å². The fourth-order valence-corrected chi connectivity index (χ4v) is 1.90. The molecule has 0 radical (unpaired) electrons. The zero-order valence-corrected chi connectivity index (χ0v) is 9.55. The minimum Gasteiger partial charge on any atom is -0.439 e. The van der Waals surface area contributed by atoms with E-state index in [1.165, 1.54) is 5.56 Å². The molecule has 0 saturated heterocycles. The molecule has 0 aliphatic carbocycles. The normalized spacial score (nSPS) is 10.9. The molecule has 3 heteroatoms. The van der Waals surface area contributed by atoms with Crippen LogP contribution in [0.5, 0.6) is 0 Å². The number of benzene rings is 1. The third kappa shape index (κ3) is 2.04. The van der Waals surface area contributed by atoms with Crippen LogP contribution in [0.4, 0.5) is 0 Å². The lowest BCUT2D eigenvalue weighted by Crippen LogP contribution is -1.89. The maximum atomic E-state index is 5.47. The van der Waals surface area contributed by atoms with Gasteiger partial charge in [0.25, 0.3) is 0 Å². The van der Waals surface area contributed by atoms with Gasteiger partial charge in [-0.1, -0.05) is 30.3 Å². The second-order valence-corrected chi connectivity index (χ2v) is 4.06. The molecule has 0 aliphatic heterocycles. The number of pyridine rings is 1. The molecule has 84 valence electrons. The van der Waals surface area contributed by atoms with E-state index in [1.54, 1.807) is 0 Å². The van der Waals surface area contributed by atoms with Gasteiger partial charge in [-0.25, -0.2) is 4.98 Å². The third-order valence-electron chi connectivity index (χ3n) is 2.66. The molecule has 0 aliphatic rings. The van der Waals surface area contributed by atoms with Gasteiger partial charge in [-0.05, 0) is 23.6 Å². The lowest BCUT2D eigenvalue weighted by molar-refractivity contribution is 0.560. The summed E-state index contributed by atoms with van der Waals surface area (Å²) in [6.45, 7) is 1.83. The topological polar surface area (TPSA) is 38.9 Å². The summed E-state index contributed by atoms with van der Waals surface area (Å²) in [5.74, 6) is 0.657. The molecule has 0 saturated carbocycles. The fourth-order valence-electron chi connectivity index (χ4n) is 1.90. The quantitative estimate of drug-likeness (QED) is 0.671. The van der Waals surface area contributed by atoms with Gasteiger partial charge in [0.15, 0.2) is 17.1 Å². The number of hydrogen-bond acceptors (Lipinski definition) is 3. The summed E-state index contributed by atoms with van der Waals surface area (Å²) in [5, 5.41) is 0. The van der Waals surface area contributed by atoms with Crippen LogP contribution >= 0.6 is 0 Å². The highest BCUT2D eigenvalue weighted by molar-refractivity contribution is 5.68. The van der Waals surface area contributed by atoms with E-state index >= 15 is 0 Å². The van der Waals surface area contributed by atoms with E-state index in [0.29, 0.717) is 11.5 Å². The lowest BCUT2D eigenvalue weighted by Gasteiger charge is -2.00. The van der Waals surface area contributed by atoms with Gasteiger partial charge in [0.1, 0.15) is 0 Å². The number of fused-ring (bicyclic) bond motifs is 1. The van der Waals surface area contributed by atoms with Gasteiger partial charge in [-0.2, -0.15) is 4.98 Å². The highest BCUT2D eigenvalue weighted by atomic mass is 16.3. The minimum atomic E-state index is 0.657. The van der Waals surface area contributed by atoms with Crippen molar-refractivity contribution in [2.24, 2.45) is 0 Å². The average molecular weight is 224 g/mol. The monoisotopic (exact) mass is 224 g/mol. The predicted molar refractivity (Wildman–Crippen MR) is 65.8 cm³/mol. The van der Waals surface area contributed by atoms with E-state index < -0.39 is 0 Å². The average Bonchev–Trinajstić information content (AvgIpc) is 2.70. The summed E-state index contributed by atoms with van der Waals surface area (Å²) in [6.07, 6.45) is 2.72. The molecule has 3 aromatic rings. The second-order valence-electron chi connectivity index (χ2n) is 4.06. The maximum absolute atomic E-state index is 5.47. The van der Waals surface area contributed by atoms with E-state index in [0.717, 1.165) is 17.6 Å². The Morgan fingerprint density at radius 3 is 2.76 bits per heavy atom. The molecule has 3 nitrogen and oxygen atoms in total. The Balaban J connectivity index is 1.95. The molecular weight excluding hydrogens is 212 g/mol. The van der Waals surface area contributed by atoms with Crippen molar-refractivity contribution in [1.82, 2.24) is 9.97 Å². The van der Waals surface area contributed by atoms with Gasteiger partial charge in [0, 0.05) is 13.1 Å². The van der Waals surface area contributed by atoms with Crippen molar-refractivity contribution in [2.45, 2.75) is 13.3 Å². The molecule has 17 heavy (non-hydrogen) atoms. The SMILES string of the molecule is Cc1nc2ncc(Cc3ccccc3)cc2o1. The zero-order valence-electron chi connectivity index (χ0n) is 9.55. The molecular formula is C14H12N2O. The van der Waals surface area contributed by atoms with Gasteiger partial charge >= 0.3 is 0 Å². The van der Waals surface area contributed by atoms with Gasteiger partial charge in [0.2, 0.25) is 0 Å². The molecule has 0 N–H and O–H groups in total. The number of aromatic nitrogens is 2. The summed E-state index contributed by atoms with van der Waals surface area (Å²) < 4.78 is 5.47. The highest BCUT2D eigenvalue weighted by Gasteiger charge is 2.04. The van der Waals surface area contributed by atoms with Gasteiger partial charge in [0.05, 0.1) is 0 Å². The maximum Gasteiger partial charge on any atom is 0.198 e. The number of aryl methyl sites for hydroxylation is 1. The number of hydrogen-bond donors (Lipinski definition) is 0. The summed E-state index contributed by atoms with van der Waals surface area (Å²) in [5.41, 5.74) is 3.85. The third-order valence-corrected chi connectivity index (χ3v) is 2.66. The number of nitrogens with zero attached hydrogens (tertiary/aromatic N) is 2. The Bertz CT molecular complexity index is 644. The largest absolute Gasteiger partial charge is 0.439 e. The first kappa shape index (κ1) is 10.0. The van der Waals surface area contributed by atoms with Crippen molar-refractivity contribution in [3.63, 3.8) is 0 Å². The lowest BCUT2D eigenvalue weighted by atomic mass is 10.1. The van der Waals surface area contributed by atoms with Crippen molar-refractivity contribution in [2.75, 3.05) is 0 Å². The molecule has 0 atom stereocenters. The molecule has 0 amide bonds. The standard InChI is InChI=1S/C14H12N2O/c1-10-16-14-13(17-10)8-12(9-15-14)7-11-5-3-2-4-6-11/h2-6,8-9H,7H2,1H3. The van der Waals surface area contributed by atoms with Crippen LogP contribution in [0.3, 0.4) is 0 Å². The Kier molecular flexibility index (Phi) is 2.37. The smallest absolute Gasteiger partial charge is 0.198 e. The first-order valence-corrected chi connectivity index (χ1v) is 5.57. The molecule has 2 heterocycles. The highest BCUT2D eigenvalue weighted by Crippen LogP contribution is 2.16. The van der Waals surface area contributed by atoms with Crippen LogP contribution in [0.1, 0.15) is 17.0 Å². The molecule has 0 unspecified atom stereocenters. The van der Waals surface area contributed by atoms with Crippen molar-refractivity contribution in [3.05, 3.63) is 59.6 Å². The Labute approximate surface area is 99.1 Å². The Morgan fingerprint density at radius 1 is 1.12 bits per heavy atom. The van der Waals surface area contributed by atoms with Crippen LogP contribution in [-0.2, 0) is 6.42 Å². The van der Waals surface area contributed by atoms with Crippen LogP contribution in [0.2, 0.25) is 0 Å².